The van der Waals surface area contributed by atoms with Crippen LogP contribution in [0.3, 0.4) is 0 Å². The van der Waals surface area contributed by atoms with Crippen molar-refractivity contribution in [1.29, 1.82) is 0 Å². The topological polar surface area (TPSA) is 67.9 Å². The van der Waals surface area contributed by atoms with Crippen LogP contribution in [0.15, 0.2) is 48.2 Å². The van der Waals surface area contributed by atoms with Gasteiger partial charge in [0.15, 0.2) is 11.5 Å². The van der Waals surface area contributed by atoms with Crippen molar-refractivity contribution in [3.8, 4) is 11.5 Å². The maximum atomic E-state index is 12.0. The van der Waals surface area contributed by atoms with Gasteiger partial charge < -0.3 is 14.8 Å². The van der Waals surface area contributed by atoms with Crippen molar-refractivity contribution in [3.63, 3.8) is 0 Å². The number of imide groups is 1. The fraction of sp³-hybridized carbons (Fsp3) is 0.200. The van der Waals surface area contributed by atoms with Crippen molar-refractivity contribution < 1.29 is 19.1 Å². The highest BCUT2D eigenvalue weighted by Gasteiger charge is 2.29. The van der Waals surface area contributed by atoms with Crippen LogP contribution in [0, 0.1) is 3.57 Å². The number of nitrogens with one attached hydrogen (secondary N) is 1. The minimum Gasteiger partial charge on any atom is -0.490 e. The van der Waals surface area contributed by atoms with E-state index in [1.807, 2.05) is 37.3 Å². The minimum atomic E-state index is -0.436. The normalized spacial score (nSPS) is 15.2. The lowest BCUT2D eigenvalue weighted by Crippen LogP contribution is -2.25. The Morgan fingerprint density at radius 1 is 1.07 bits per heavy atom. The van der Waals surface area contributed by atoms with E-state index in [9.17, 15) is 9.59 Å². The Morgan fingerprint density at radius 2 is 1.81 bits per heavy atom. The van der Waals surface area contributed by atoms with Crippen molar-refractivity contribution in [2.24, 2.45) is 0 Å². The third-order valence-electron chi connectivity index (χ3n) is 3.97. The van der Waals surface area contributed by atoms with Crippen LogP contribution in [0.2, 0.25) is 0 Å². The van der Waals surface area contributed by atoms with E-state index in [4.69, 9.17) is 9.47 Å². The molecule has 0 bridgehead atoms. The maximum absolute atomic E-state index is 12.0. The number of nitrogens with zero attached hydrogens (tertiary/aromatic N) is 1. The second-order valence-corrected chi connectivity index (χ2v) is 7.15. The lowest BCUT2D eigenvalue weighted by atomic mass is 10.1. The van der Waals surface area contributed by atoms with Crippen LogP contribution in [0.1, 0.15) is 18.1 Å². The monoisotopic (exact) mass is 478 g/mol. The first-order valence-corrected chi connectivity index (χ1v) is 9.50. The van der Waals surface area contributed by atoms with E-state index in [2.05, 4.69) is 27.9 Å². The molecule has 0 saturated carbocycles. The highest BCUT2D eigenvalue weighted by atomic mass is 127. The highest BCUT2D eigenvalue weighted by molar-refractivity contribution is 14.1. The summed E-state index contributed by atoms with van der Waals surface area (Å²) in [7, 11) is 1.44. The maximum Gasteiger partial charge on any atom is 0.328 e. The van der Waals surface area contributed by atoms with Gasteiger partial charge in [-0.15, -0.1) is 0 Å². The molecular weight excluding hydrogens is 459 g/mol. The minimum absolute atomic E-state index is 0.234. The number of likely N-dealkylation sites (N-methyl/N-ethyl adjacent to an activating group) is 1. The van der Waals surface area contributed by atoms with Gasteiger partial charge in [0.25, 0.3) is 5.91 Å². The number of halogens is 1. The summed E-state index contributed by atoms with van der Waals surface area (Å²) in [6.45, 7) is 2.80. The predicted molar refractivity (Wildman–Crippen MR) is 110 cm³/mol. The van der Waals surface area contributed by atoms with E-state index in [0.717, 1.165) is 16.0 Å². The highest BCUT2D eigenvalue weighted by Crippen LogP contribution is 2.30. The second kappa shape index (κ2) is 8.43. The summed E-state index contributed by atoms with van der Waals surface area (Å²) in [6, 6.07) is 13.1. The van der Waals surface area contributed by atoms with Crippen LogP contribution >= 0.6 is 22.6 Å². The third-order valence-corrected chi connectivity index (χ3v) is 4.69. The van der Waals surface area contributed by atoms with Gasteiger partial charge in [0.2, 0.25) is 0 Å². The predicted octanol–water partition coefficient (Wildman–Crippen LogP) is 3.79. The number of ether oxygens (including phenoxy) is 2. The molecule has 1 heterocycles. The lowest BCUT2D eigenvalue weighted by molar-refractivity contribution is -0.121. The van der Waals surface area contributed by atoms with Crippen molar-refractivity contribution >= 4 is 40.6 Å². The summed E-state index contributed by atoms with van der Waals surface area (Å²) < 4.78 is 12.8. The number of carbonyl (C=O) groups is 2. The molecule has 2 aromatic rings. The Labute approximate surface area is 171 Å². The largest absolute Gasteiger partial charge is 0.490 e. The molecule has 1 saturated heterocycles. The zero-order valence-corrected chi connectivity index (χ0v) is 17.1. The number of hydrogen-bond donors (Lipinski definition) is 1. The van der Waals surface area contributed by atoms with Gasteiger partial charge in [0.1, 0.15) is 12.3 Å². The molecular formula is C20H19IN2O4. The van der Waals surface area contributed by atoms with E-state index in [0.29, 0.717) is 24.7 Å². The van der Waals surface area contributed by atoms with Gasteiger partial charge in [-0.05, 0) is 71.0 Å². The van der Waals surface area contributed by atoms with E-state index < -0.39 is 6.03 Å². The summed E-state index contributed by atoms with van der Waals surface area (Å²) in [5.74, 6) is 0.843. The van der Waals surface area contributed by atoms with Gasteiger partial charge >= 0.3 is 6.03 Å². The Kier molecular flexibility index (Phi) is 6.00. The van der Waals surface area contributed by atoms with Crippen LogP contribution in [-0.2, 0) is 11.4 Å². The molecule has 7 heteroatoms. The molecule has 1 N–H and O–H groups in total. The molecule has 6 nitrogen and oxygen atoms in total. The molecule has 0 aromatic heterocycles. The SMILES string of the molecule is CCOc1cc(/C=C2/NC(=O)N(C)C2=O)ccc1OCc1ccc(I)cc1. The van der Waals surface area contributed by atoms with Crippen LogP contribution in [0.5, 0.6) is 11.5 Å². The number of carbonyl (C=O) groups excluding carboxylic acids is 2. The summed E-state index contributed by atoms with van der Waals surface area (Å²) in [5.41, 5.74) is 2.03. The molecule has 3 rings (SSSR count). The van der Waals surface area contributed by atoms with Gasteiger partial charge in [0.05, 0.1) is 6.61 Å². The fourth-order valence-corrected chi connectivity index (χ4v) is 2.89. The first kappa shape index (κ1) is 19.2. The molecule has 27 heavy (non-hydrogen) atoms. The molecule has 3 amide bonds. The Balaban J connectivity index is 1.79. The summed E-state index contributed by atoms with van der Waals surface area (Å²) in [5, 5.41) is 2.55. The Hall–Kier alpha value is -2.55. The lowest BCUT2D eigenvalue weighted by Gasteiger charge is -2.13. The Morgan fingerprint density at radius 3 is 2.44 bits per heavy atom. The zero-order valence-electron chi connectivity index (χ0n) is 15.0. The molecule has 1 aliphatic rings. The van der Waals surface area contributed by atoms with Crippen molar-refractivity contribution in [3.05, 3.63) is 62.9 Å². The fourth-order valence-electron chi connectivity index (χ4n) is 2.53. The Bertz CT molecular complexity index is 893. The number of hydrogen-bond acceptors (Lipinski definition) is 4. The molecule has 0 radical (unpaired) electrons. The molecule has 140 valence electrons. The summed E-state index contributed by atoms with van der Waals surface area (Å²) >= 11 is 2.26. The average molecular weight is 478 g/mol. The van der Waals surface area contributed by atoms with E-state index in [-0.39, 0.29) is 11.6 Å². The first-order valence-electron chi connectivity index (χ1n) is 8.42. The molecule has 2 aromatic carbocycles. The van der Waals surface area contributed by atoms with Gasteiger partial charge in [-0.25, -0.2) is 4.79 Å². The van der Waals surface area contributed by atoms with Crippen molar-refractivity contribution in [2.45, 2.75) is 13.5 Å². The van der Waals surface area contributed by atoms with Crippen LogP contribution in [-0.4, -0.2) is 30.5 Å². The quantitative estimate of drug-likeness (QED) is 0.390. The van der Waals surface area contributed by atoms with Gasteiger partial charge in [-0.1, -0.05) is 18.2 Å². The average Bonchev–Trinajstić information content (AvgIpc) is 2.89. The van der Waals surface area contributed by atoms with Crippen LogP contribution in [0.4, 0.5) is 4.79 Å². The molecule has 1 fully saturated rings. The number of rotatable bonds is 6. The number of benzene rings is 2. The van der Waals surface area contributed by atoms with Crippen molar-refractivity contribution in [1.82, 2.24) is 10.2 Å². The van der Waals surface area contributed by atoms with Gasteiger partial charge in [-0.2, -0.15) is 0 Å². The third kappa shape index (κ3) is 4.60. The molecule has 0 unspecified atom stereocenters. The van der Waals surface area contributed by atoms with E-state index >= 15 is 0 Å². The van der Waals surface area contributed by atoms with E-state index in [1.165, 1.54) is 10.6 Å². The number of amides is 3. The van der Waals surface area contributed by atoms with E-state index in [1.54, 1.807) is 18.2 Å². The van der Waals surface area contributed by atoms with Crippen LogP contribution < -0.4 is 14.8 Å². The first-order chi connectivity index (χ1) is 13.0. The van der Waals surface area contributed by atoms with Gasteiger partial charge in [-0.3, -0.25) is 9.69 Å². The molecule has 0 spiro atoms. The summed E-state index contributed by atoms with van der Waals surface area (Å²) in [4.78, 5) is 24.6. The van der Waals surface area contributed by atoms with Gasteiger partial charge in [0, 0.05) is 10.6 Å². The van der Waals surface area contributed by atoms with Crippen molar-refractivity contribution in [2.75, 3.05) is 13.7 Å². The standard InChI is InChI=1S/C20H19IN2O4/c1-3-26-18-11-14(10-16-19(24)23(2)20(25)22-16)6-9-17(18)27-12-13-4-7-15(21)8-5-13/h4-11H,3,12H2,1-2H3,(H,22,25)/b16-10+. The smallest absolute Gasteiger partial charge is 0.328 e. The molecule has 0 aliphatic carbocycles. The van der Waals surface area contributed by atoms with Crippen LogP contribution in [0.25, 0.3) is 6.08 Å². The number of urea groups is 1. The molecule has 0 atom stereocenters. The summed E-state index contributed by atoms with van der Waals surface area (Å²) in [6.07, 6.45) is 1.62. The molecule has 1 aliphatic heterocycles. The second-order valence-electron chi connectivity index (χ2n) is 5.91. The zero-order chi connectivity index (χ0) is 19.4.